The van der Waals surface area contributed by atoms with Crippen molar-refractivity contribution in [2.75, 3.05) is 13.1 Å². The lowest BCUT2D eigenvalue weighted by atomic mass is 9.73. The second-order valence-electron chi connectivity index (χ2n) is 6.00. The molecule has 2 unspecified atom stereocenters. The van der Waals surface area contributed by atoms with Gasteiger partial charge in [-0.2, -0.15) is 0 Å². The summed E-state index contributed by atoms with van der Waals surface area (Å²) in [5.41, 5.74) is 6.27. The summed E-state index contributed by atoms with van der Waals surface area (Å²) in [5, 5.41) is 3.71. The average Bonchev–Trinajstić information content (AvgIpc) is 2.26. The van der Waals surface area contributed by atoms with Gasteiger partial charge in [0.15, 0.2) is 0 Å². The summed E-state index contributed by atoms with van der Waals surface area (Å²) >= 11 is 0. The van der Waals surface area contributed by atoms with E-state index in [0.29, 0.717) is 0 Å². The second-order valence-corrected chi connectivity index (χ2v) is 6.00. The fourth-order valence-corrected chi connectivity index (χ4v) is 3.16. The highest BCUT2D eigenvalue weighted by atomic mass is 15.0. The van der Waals surface area contributed by atoms with E-state index in [0.717, 1.165) is 24.9 Å². The van der Waals surface area contributed by atoms with Gasteiger partial charge in [0.1, 0.15) is 0 Å². The molecule has 1 saturated carbocycles. The van der Waals surface area contributed by atoms with Crippen LogP contribution >= 0.6 is 0 Å². The van der Waals surface area contributed by atoms with E-state index >= 15 is 0 Å². The molecule has 0 aromatic rings. The minimum Gasteiger partial charge on any atom is -0.329 e. The Bertz CT molecular complexity index is 191. The molecule has 0 aromatic carbocycles. The maximum atomic E-state index is 6.01. The van der Waals surface area contributed by atoms with E-state index in [1.807, 2.05) is 0 Å². The summed E-state index contributed by atoms with van der Waals surface area (Å²) in [7, 11) is 0. The molecule has 2 heteroatoms. The average molecular weight is 226 g/mol. The molecule has 1 aliphatic rings. The highest BCUT2D eigenvalue weighted by molar-refractivity contribution is 4.94. The predicted octanol–water partition coefficient (Wildman–Crippen LogP) is 2.92. The van der Waals surface area contributed by atoms with Crippen LogP contribution in [-0.4, -0.2) is 18.6 Å². The molecule has 0 bridgehead atoms. The van der Waals surface area contributed by atoms with E-state index in [1.165, 1.54) is 38.5 Å². The molecule has 3 N–H and O–H groups in total. The van der Waals surface area contributed by atoms with Gasteiger partial charge < -0.3 is 11.1 Å². The monoisotopic (exact) mass is 226 g/mol. The fraction of sp³-hybridized carbons (Fsp3) is 1.00. The van der Waals surface area contributed by atoms with Crippen molar-refractivity contribution in [3.05, 3.63) is 0 Å². The maximum Gasteiger partial charge on any atom is 0.0306 e. The molecule has 16 heavy (non-hydrogen) atoms. The van der Waals surface area contributed by atoms with Crippen LogP contribution in [0.5, 0.6) is 0 Å². The minimum atomic E-state index is 0.258. The van der Waals surface area contributed by atoms with Gasteiger partial charge in [0.25, 0.3) is 0 Å². The molecule has 0 radical (unpaired) electrons. The Morgan fingerprint density at radius 2 is 2.19 bits per heavy atom. The summed E-state index contributed by atoms with van der Waals surface area (Å²) in [6.45, 7) is 8.81. The summed E-state index contributed by atoms with van der Waals surface area (Å²) in [6, 6.07) is 0. The van der Waals surface area contributed by atoms with E-state index in [4.69, 9.17) is 5.73 Å². The largest absolute Gasteiger partial charge is 0.329 e. The van der Waals surface area contributed by atoms with Gasteiger partial charge in [0.2, 0.25) is 0 Å². The molecular weight excluding hydrogens is 196 g/mol. The van der Waals surface area contributed by atoms with Gasteiger partial charge in [-0.1, -0.05) is 33.6 Å². The smallest absolute Gasteiger partial charge is 0.0306 e. The topological polar surface area (TPSA) is 38.0 Å². The Kier molecular flexibility index (Phi) is 5.77. The number of hydrogen-bond acceptors (Lipinski definition) is 2. The summed E-state index contributed by atoms with van der Waals surface area (Å²) in [6.07, 6.45) is 7.91. The first-order valence-electron chi connectivity index (χ1n) is 7.07. The number of nitrogens with one attached hydrogen (secondary N) is 1. The molecular formula is C14H30N2. The summed E-state index contributed by atoms with van der Waals surface area (Å²) < 4.78 is 0. The van der Waals surface area contributed by atoms with Crippen LogP contribution in [0, 0.1) is 11.8 Å². The normalized spacial score (nSPS) is 30.9. The van der Waals surface area contributed by atoms with Gasteiger partial charge in [-0.15, -0.1) is 0 Å². The lowest BCUT2D eigenvalue weighted by Crippen LogP contribution is -2.54. The standard InChI is InChI=1S/C14H30N2/c1-4-8-16-14(11-15)7-5-6-13(10-14)9-12(2)3/h12-13,16H,4-11,15H2,1-3H3. The molecule has 1 rings (SSSR count). The van der Waals surface area contributed by atoms with E-state index in [9.17, 15) is 0 Å². The second kappa shape index (κ2) is 6.61. The van der Waals surface area contributed by atoms with Crippen molar-refractivity contribution in [3.63, 3.8) is 0 Å². The Labute approximate surface area is 101 Å². The van der Waals surface area contributed by atoms with Crippen LogP contribution in [0.3, 0.4) is 0 Å². The van der Waals surface area contributed by atoms with E-state index < -0.39 is 0 Å². The molecule has 0 aliphatic heterocycles. The fourth-order valence-electron chi connectivity index (χ4n) is 3.16. The van der Waals surface area contributed by atoms with Crippen molar-refractivity contribution in [2.24, 2.45) is 17.6 Å². The third-order valence-electron chi connectivity index (χ3n) is 3.89. The number of hydrogen-bond donors (Lipinski definition) is 2. The first-order valence-corrected chi connectivity index (χ1v) is 7.07. The van der Waals surface area contributed by atoms with E-state index in [1.54, 1.807) is 0 Å². The van der Waals surface area contributed by atoms with Gasteiger partial charge >= 0.3 is 0 Å². The summed E-state index contributed by atoms with van der Waals surface area (Å²) in [5.74, 6) is 1.71. The van der Waals surface area contributed by atoms with Crippen LogP contribution in [-0.2, 0) is 0 Å². The van der Waals surface area contributed by atoms with Crippen LogP contribution < -0.4 is 11.1 Å². The minimum absolute atomic E-state index is 0.258. The number of rotatable bonds is 6. The van der Waals surface area contributed by atoms with E-state index in [2.05, 4.69) is 26.1 Å². The van der Waals surface area contributed by atoms with Crippen LogP contribution in [0.15, 0.2) is 0 Å². The van der Waals surface area contributed by atoms with Gasteiger partial charge in [-0.05, 0) is 44.1 Å². The Morgan fingerprint density at radius 1 is 1.44 bits per heavy atom. The molecule has 0 spiro atoms. The Balaban J connectivity index is 2.50. The van der Waals surface area contributed by atoms with Gasteiger partial charge in [-0.3, -0.25) is 0 Å². The SMILES string of the molecule is CCCNC1(CN)CCCC(CC(C)C)C1. The lowest BCUT2D eigenvalue weighted by Gasteiger charge is -2.41. The van der Waals surface area contributed by atoms with Crippen molar-refractivity contribution in [2.45, 2.75) is 64.8 Å². The van der Waals surface area contributed by atoms with Gasteiger partial charge in [-0.25, -0.2) is 0 Å². The molecule has 0 amide bonds. The summed E-state index contributed by atoms with van der Waals surface area (Å²) in [4.78, 5) is 0. The van der Waals surface area contributed by atoms with E-state index in [-0.39, 0.29) is 5.54 Å². The molecule has 1 aliphatic carbocycles. The van der Waals surface area contributed by atoms with Crippen molar-refractivity contribution in [3.8, 4) is 0 Å². The van der Waals surface area contributed by atoms with Crippen molar-refractivity contribution >= 4 is 0 Å². The van der Waals surface area contributed by atoms with Crippen molar-refractivity contribution < 1.29 is 0 Å². The molecule has 1 fully saturated rings. The van der Waals surface area contributed by atoms with Crippen LogP contribution in [0.25, 0.3) is 0 Å². The lowest BCUT2D eigenvalue weighted by molar-refractivity contribution is 0.168. The highest BCUT2D eigenvalue weighted by Gasteiger charge is 2.34. The van der Waals surface area contributed by atoms with Crippen LogP contribution in [0.2, 0.25) is 0 Å². The zero-order chi connectivity index (χ0) is 12.0. The zero-order valence-electron chi connectivity index (χ0n) is 11.4. The quantitative estimate of drug-likeness (QED) is 0.731. The van der Waals surface area contributed by atoms with Crippen LogP contribution in [0.1, 0.15) is 59.3 Å². The molecule has 2 nitrogen and oxygen atoms in total. The molecule has 0 heterocycles. The van der Waals surface area contributed by atoms with Crippen molar-refractivity contribution in [1.82, 2.24) is 5.32 Å². The van der Waals surface area contributed by atoms with Crippen LogP contribution in [0.4, 0.5) is 0 Å². The molecule has 96 valence electrons. The van der Waals surface area contributed by atoms with Gasteiger partial charge in [0, 0.05) is 12.1 Å². The first kappa shape index (κ1) is 14.0. The maximum absolute atomic E-state index is 6.01. The highest BCUT2D eigenvalue weighted by Crippen LogP contribution is 2.35. The third-order valence-corrected chi connectivity index (χ3v) is 3.89. The van der Waals surface area contributed by atoms with Gasteiger partial charge in [0.05, 0.1) is 0 Å². The third kappa shape index (κ3) is 4.06. The first-order chi connectivity index (χ1) is 7.62. The molecule has 0 saturated heterocycles. The Morgan fingerprint density at radius 3 is 2.75 bits per heavy atom. The number of nitrogens with two attached hydrogens (primary N) is 1. The zero-order valence-corrected chi connectivity index (χ0v) is 11.4. The molecule has 2 atom stereocenters. The Hall–Kier alpha value is -0.0800. The molecule has 0 aromatic heterocycles. The predicted molar refractivity (Wildman–Crippen MR) is 71.5 cm³/mol. The van der Waals surface area contributed by atoms with Crippen molar-refractivity contribution in [1.29, 1.82) is 0 Å².